The molecule has 0 unspecified atom stereocenters. The lowest BCUT2D eigenvalue weighted by atomic mass is 9.90. The first-order valence-electron chi connectivity index (χ1n) is 6.35. The van der Waals surface area contributed by atoms with E-state index in [1.54, 1.807) is 0 Å². The van der Waals surface area contributed by atoms with E-state index in [1.165, 1.54) is 29.7 Å². The third-order valence-electron chi connectivity index (χ3n) is 4.12. The maximum Gasteiger partial charge on any atom is 0.0414 e. The van der Waals surface area contributed by atoms with Crippen molar-refractivity contribution in [1.29, 1.82) is 0 Å². The molecule has 16 heavy (non-hydrogen) atoms. The Morgan fingerprint density at radius 2 is 2.19 bits per heavy atom. The molecule has 1 saturated carbocycles. The summed E-state index contributed by atoms with van der Waals surface area (Å²) in [5.41, 5.74) is 10.8. The van der Waals surface area contributed by atoms with Crippen LogP contribution in [-0.4, -0.2) is 18.0 Å². The van der Waals surface area contributed by atoms with Gasteiger partial charge in [-0.3, -0.25) is 4.90 Å². The zero-order chi connectivity index (χ0) is 11.2. The Bertz CT molecular complexity index is 407. The van der Waals surface area contributed by atoms with Crippen molar-refractivity contribution in [2.45, 2.75) is 38.3 Å². The number of nitrogens with two attached hydrogens (primary N) is 1. The van der Waals surface area contributed by atoms with E-state index in [-0.39, 0.29) is 5.54 Å². The van der Waals surface area contributed by atoms with Crippen LogP contribution in [0.15, 0.2) is 18.2 Å². The average Bonchev–Trinajstić information content (AvgIpc) is 3.07. The Morgan fingerprint density at radius 1 is 1.38 bits per heavy atom. The van der Waals surface area contributed by atoms with Gasteiger partial charge in [-0.1, -0.05) is 25.1 Å². The van der Waals surface area contributed by atoms with Gasteiger partial charge in [-0.2, -0.15) is 0 Å². The smallest absolute Gasteiger partial charge is 0.0414 e. The minimum Gasteiger partial charge on any atom is -0.321 e. The third kappa shape index (κ3) is 1.57. The zero-order valence-corrected chi connectivity index (χ0v) is 10.00. The standard InChI is InChI=1S/C14H20N2/c1-2-16-9-6-11-4-3-5-13(12(11)10-16)14(15)7-8-14/h3-5H,2,6-10,15H2,1H3. The van der Waals surface area contributed by atoms with E-state index in [1.807, 2.05) is 0 Å². The first kappa shape index (κ1) is 10.3. The van der Waals surface area contributed by atoms with Gasteiger partial charge in [0.1, 0.15) is 0 Å². The molecule has 1 aliphatic heterocycles. The van der Waals surface area contributed by atoms with Gasteiger partial charge in [0.05, 0.1) is 0 Å². The van der Waals surface area contributed by atoms with E-state index in [0.29, 0.717) is 0 Å². The molecular formula is C14H20N2. The molecule has 0 spiro atoms. The van der Waals surface area contributed by atoms with E-state index in [4.69, 9.17) is 5.73 Å². The van der Waals surface area contributed by atoms with Crippen LogP contribution < -0.4 is 5.73 Å². The molecule has 1 fully saturated rings. The number of rotatable bonds is 2. The summed E-state index contributed by atoms with van der Waals surface area (Å²) >= 11 is 0. The zero-order valence-electron chi connectivity index (χ0n) is 10.00. The molecule has 2 aliphatic rings. The van der Waals surface area contributed by atoms with Crippen LogP contribution in [0.3, 0.4) is 0 Å². The molecule has 0 amide bonds. The first-order chi connectivity index (χ1) is 7.73. The Balaban J connectivity index is 2.01. The molecule has 1 heterocycles. The minimum absolute atomic E-state index is 0.0160. The maximum absolute atomic E-state index is 6.36. The van der Waals surface area contributed by atoms with Gasteiger partial charge in [-0.05, 0) is 42.5 Å². The predicted molar refractivity (Wildman–Crippen MR) is 66.2 cm³/mol. The topological polar surface area (TPSA) is 29.3 Å². The summed E-state index contributed by atoms with van der Waals surface area (Å²) in [5.74, 6) is 0. The molecule has 2 N–H and O–H groups in total. The van der Waals surface area contributed by atoms with Crippen LogP contribution in [0.25, 0.3) is 0 Å². The fourth-order valence-electron chi connectivity index (χ4n) is 2.78. The fraction of sp³-hybridized carbons (Fsp3) is 0.571. The van der Waals surface area contributed by atoms with Crippen molar-refractivity contribution in [2.75, 3.05) is 13.1 Å². The second-order valence-corrected chi connectivity index (χ2v) is 5.22. The lowest BCUT2D eigenvalue weighted by molar-refractivity contribution is 0.266. The van der Waals surface area contributed by atoms with Crippen molar-refractivity contribution in [3.8, 4) is 0 Å². The fourth-order valence-corrected chi connectivity index (χ4v) is 2.78. The van der Waals surface area contributed by atoms with Crippen molar-refractivity contribution < 1.29 is 0 Å². The summed E-state index contributed by atoms with van der Waals surface area (Å²) in [4.78, 5) is 2.51. The van der Waals surface area contributed by atoms with Gasteiger partial charge in [0, 0.05) is 18.6 Å². The molecule has 1 aliphatic carbocycles. The molecule has 1 aromatic carbocycles. The number of fused-ring (bicyclic) bond motifs is 1. The predicted octanol–water partition coefficient (Wildman–Crippen LogP) is 2.01. The number of hydrogen-bond acceptors (Lipinski definition) is 2. The number of hydrogen-bond donors (Lipinski definition) is 1. The molecular weight excluding hydrogens is 196 g/mol. The van der Waals surface area contributed by atoms with E-state index >= 15 is 0 Å². The van der Waals surface area contributed by atoms with E-state index in [9.17, 15) is 0 Å². The van der Waals surface area contributed by atoms with Crippen LogP contribution >= 0.6 is 0 Å². The molecule has 0 bridgehead atoms. The molecule has 2 nitrogen and oxygen atoms in total. The van der Waals surface area contributed by atoms with Crippen molar-refractivity contribution in [3.05, 3.63) is 34.9 Å². The third-order valence-corrected chi connectivity index (χ3v) is 4.12. The Labute approximate surface area is 97.4 Å². The number of likely N-dealkylation sites (N-methyl/N-ethyl adjacent to an activating group) is 1. The molecule has 2 heteroatoms. The molecule has 0 saturated heterocycles. The normalized spacial score (nSPS) is 22.9. The van der Waals surface area contributed by atoms with Crippen molar-refractivity contribution >= 4 is 0 Å². The average molecular weight is 216 g/mol. The minimum atomic E-state index is 0.0160. The van der Waals surface area contributed by atoms with Gasteiger partial charge in [0.15, 0.2) is 0 Å². The summed E-state index contributed by atoms with van der Waals surface area (Å²) in [7, 11) is 0. The van der Waals surface area contributed by atoms with E-state index in [0.717, 1.165) is 25.9 Å². The van der Waals surface area contributed by atoms with Crippen LogP contribution in [0.1, 0.15) is 36.5 Å². The summed E-state index contributed by atoms with van der Waals surface area (Å²) in [6.45, 7) is 5.68. The Hall–Kier alpha value is -0.860. The van der Waals surface area contributed by atoms with Crippen molar-refractivity contribution in [2.24, 2.45) is 5.73 Å². The summed E-state index contributed by atoms with van der Waals surface area (Å²) in [5, 5.41) is 0. The van der Waals surface area contributed by atoms with E-state index in [2.05, 4.69) is 30.0 Å². The Morgan fingerprint density at radius 3 is 2.88 bits per heavy atom. The highest BCUT2D eigenvalue weighted by molar-refractivity contribution is 5.43. The highest BCUT2D eigenvalue weighted by Gasteiger charge is 2.42. The molecule has 0 atom stereocenters. The van der Waals surface area contributed by atoms with Gasteiger partial charge < -0.3 is 5.73 Å². The van der Waals surface area contributed by atoms with Crippen molar-refractivity contribution in [3.63, 3.8) is 0 Å². The molecule has 0 radical (unpaired) electrons. The Kier molecular flexibility index (Phi) is 2.30. The second-order valence-electron chi connectivity index (χ2n) is 5.22. The van der Waals surface area contributed by atoms with Crippen LogP contribution in [0, 0.1) is 0 Å². The molecule has 86 valence electrons. The molecule has 0 aromatic heterocycles. The first-order valence-corrected chi connectivity index (χ1v) is 6.35. The quantitative estimate of drug-likeness (QED) is 0.819. The lowest BCUT2D eigenvalue weighted by Crippen LogP contribution is -2.33. The summed E-state index contributed by atoms with van der Waals surface area (Å²) in [6.07, 6.45) is 3.51. The number of nitrogens with zero attached hydrogens (tertiary/aromatic N) is 1. The van der Waals surface area contributed by atoms with Gasteiger partial charge in [-0.25, -0.2) is 0 Å². The SMILES string of the molecule is CCN1CCc2cccc(C3(N)CC3)c2C1. The monoisotopic (exact) mass is 216 g/mol. The highest BCUT2D eigenvalue weighted by atomic mass is 15.1. The molecule has 3 rings (SSSR count). The van der Waals surface area contributed by atoms with E-state index < -0.39 is 0 Å². The van der Waals surface area contributed by atoms with Gasteiger partial charge in [-0.15, -0.1) is 0 Å². The van der Waals surface area contributed by atoms with Gasteiger partial charge in [0.2, 0.25) is 0 Å². The summed E-state index contributed by atoms with van der Waals surface area (Å²) < 4.78 is 0. The lowest BCUT2D eigenvalue weighted by Gasteiger charge is -2.30. The van der Waals surface area contributed by atoms with Crippen molar-refractivity contribution in [1.82, 2.24) is 4.90 Å². The molecule has 1 aromatic rings. The van der Waals surface area contributed by atoms with Crippen LogP contribution in [0.2, 0.25) is 0 Å². The van der Waals surface area contributed by atoms with Crippen LogP contribution in [0.5, 0.6) is 0 Å². The highest BCUT2D eigenvalue weighted by Crippen LogP contribution is 2.45. The number of benzene rings is 1. The second kappa shape index (κ2) is 3.57. The van der Waals surface area contributed by atoms with Crippen LogP contribution in [-0.2, 0) is 18.5 Å². The van der Waals surface area contributed by atoms with Gasteiger partial charge in [0.25, 0.3) is 0 Å². The van der Waals surface area contributed by atoms with Gasteiger partial charge >= 0.3 is 0 Å². The maximum atomic E-state index is 6.36. The largest absolute Gasteiger partial charge is 0.321 e. The van der Waals surface area contributed by atoms with Crippen LogP contribution in [0.4, 0.5) is 0 Å². The summed E-state index contributed by atoms with van der Waals surface area (Å²) in [6, 6.07) is 6.70.